The molecule has 0 bridgehead atoms. The van der Waals surface area contributed by atoms with Gasteiger partial charge in [0.05, 0.1) is 17.0 Å². The Labute approximate surface area is 163 Å². The number of nitrogens with zero attached hydrogens (tertiary/aromatic N) is 2. The molecule has 0 radical (unpaired) electrons. The van der Waals surface area contributed by atoms with Crippen molar-refractivity contribution in [1.29, 1.82) is 0 Å². The van der Waals surface area contributed by atoms with Crippen molar-refractivity contribution in [2.24, 2.45) is 0 Å². The van der Waals surface area contributed by atoms with Crippen molar-refractivity contribution in [3.8, 4) is 0 Å². The van der Waals surface area contributed by atoms with E-state index in [0.717, 1.165) is 28.2 Å². The molecule has 0 unspecified atom stereocenters. The maximum atomic E-state index is 13.0. The van der Waals surface area contributed by atoms with E-state index >= 15 is 0 Å². The predicted octanol–water partition coefficient (Wildman–Crippen LogP) is 3.74. The summed E-state index contributed by atoms with van der Waals surface area (Å²) in [4.78, 5) is 14.6. The Kier molecular flexibility index (Phi) is 5.19. The zero-order valence-corrected chi connectivity index (χ0v) is 16.6. The average Bonchev–Trinajstić information content (AvgIpc) is 2.89. The van der Waals surface area contributed by atoms with E-state index in [-0.39, 0.29) is 29.2 Å². The van der Waals surface area contributed by atoms with Crippen LogP contribution in [-0.2, 0) is 21.2 Å². The van der Waals surface area contributed by atoms with Crippen molar-refractivity contribution in [2.45, 2.75) is 19.4 Å². The van der Waals surface area contributed by atoms with Crippen LogP contribution in [0.2, 0.25) is 10.0 Å². The minimum absolute atomic E-state index is 0.0452. The molecule has 0 fully saturated rings. The highest BCUT2D eigenvalue weighted by atomic mass is 35.5. The third-order valence-electron chi connectivity index (χ3n) is 4.33. The third kappa shape index (κ3) is 3.68. The van der Waals surface area contributed by atoms with Gasteiger partial charge in [0.1, 0.15) is 6.54 Å². The molecule has 0 N–H and O–H groups in total. The Balaban J connectivity index is 1.96. The molecule has 0 saturated heterocycles. The van der Waals surface area contributed by atoms with Crippen molar-refractivity contribution < 1.29 is 13.2 Å². The van der Waals surface area contributed by atoms with Gasteiger partial charge in [0.25, 0.3) is 0 Å². The molecule has 1 aliphatic rings. The molecule has 1 heterocycles. The summed E-state index contributed by atoms with van der Waals surface area (Å²) in [6.45, 7) is 1.59. The third-order valence-corrected chi connectivity index (χ3v) is 6.01. The van der Waals surface area contributed by atoms with Gasteiger partial charge < -0.3 is 4.90 Å². The molecular weight excluding hydrogens is 395 g/mol. The van der Waals surface area contributed by atoms with Crippen molar-refractivity contribution in [3.63, 3.8) is 0 Å². The number of halogens is 2. The van der Waals surface area contributed by atoms with Crippen LogP contribution in [0.15, 0.2) is 42.5 Å². The smallest absolute Gasteiger partial charge is 0.248 e. The highest BCUT2D eigenvalue weighted by molar-refractivity contribution is 7.92. The standard InChI is InChI=1S/C18H18Cl2N2O3S/c1-12-9-13-5-3-4-6-16(13)22(12)18(23)11-21(26(2,24)25)17-10-14(19)7-8-15(17)20/h3-8,10,12H,9,11H2,1-2H3/t12-/m1/s1. The first-order valence-electron chi connectivity index (χ1n) is 8.01. The van der Waals surface area contributed by atoms with E-state index in [1.165, 1.54) is 12.1 Å². The van der Waals surface area contributed by atoms with Gasteiger partial charge in [-0.2, -0.15) is 0 Å². The molecule has 2 aromatic carbocycles. The van der Waals surface area contributed by atoms with Gasteiger partial charge in [-0.25, -0.2) is 8.42 Å². The number of hydrogen-bond acceptors (Lipinski definition) is 3. The van der Waals surface area contributed by atoms with Crippen LogP contribution in [0, 0.1) is 0 Å². The summed E-state index contributed by atoms with van der Waals surface area (Å²) in [5.74, 6) is -0.316. The fourth-order valence-electron chi connectivity index (χ4n) is 3.20. The largest absolute Gasteiger partial charge is 0.307 e. The topological polar surface area (TPSA) is 57.7 Å². The fraction of sp³-hybridized carbons (Fsp3) is 0.278. The molecule has 2 aromatic rings. The molecule has 1 atom stereocenters. The minimum atomic E-state index is -3.73. The van der Waals surface area contributed by atoms with E-state index < -0.39 is 10.0 Å². The van der Waals surface area contributed by atoms with Crippen molar-refractivity contribution >= 4 is 50.5 Å². The quantitative estimate of drug-likeness (QED) is 0.768. The lowest BCUT2D eigenvalue weighted by atomic mass is 10.1. The van der Waals surface area contributed by atoms with Gasteiger partial charge in [-0.15, -0.1) is 0 Å². The number of para-hydroxylation sites is 1. The van der Waals surface area contributed by atoms with Gasteiger partial charge in [0, 0.05) is 16.8 Å². The van der Waals surface area contributed by atoms with Gasteiger partial charge in [0.2, 0.25) is 15.9 Å². The van der Waals surface area contributed by atoms with Crippen LogP contribution in [0.5, 0.6) is 0 Å². The molecule has 0 saturated carbocycles. The zero-order valence-electron chi connectivity index (χ0n) is 14.3. The van der Waals surface area contributed by atoms with E-state index in [1.807, 2.05) is 31.2 Å². The Morgan fingerprint density at radius 3 is 2.62 bits per heavy atom. The molecule has 0 aliphatic carbocycles. The van der Waals surface area contributed by atoms with Crippen LogP contribution in [0.1, 0.15) is 12.5 Å². The number of benzene rings is 2. The van der Waals surface area contributed by atoms with Gasteiger partial charge in [-0.1, -0.05) is 41.4 Å². The Morgan fingerprint density at radius 1 is 1.23 bits per heavy atom. The molecule has 1 aliphatic heterocycles. The maximum absolute atomic E-state index is 13.0. The summed E-state index contributed by atoms with van der Waals surface area (Å²) in [5.41, 5.74) is 2.07. The number of sulfonamides is 1. The summed E-state index contributed by atoms with van der Waals surface area (Å²) >= 11 is 12.1. The second-order valence-electron chi connectivity index (χ2n) is 6.31. The lowest BCUT2D eigenvalue weighted by Crippen LogP contribution is -2.45. The number of amides is 1. The van der Waals surface area contributed by atoms with E-state index in [4.69, 9.17) is 23.2 Å². The zero-order chi connectivity index (χ0) is 19.1. The van der Waals surface area contributed by atoms with Crippen molar-refractivity contribution in [3.05, 3.63) is 58.1 Å². The minimum Gasteiger partial charge on any atom is -0.307 e. The first-order chi connectivity index (χ1) is 12.2. The lowest BCUT2D eigenvalue weighted by molar-refractivity contribution is -0.117. The number of fused-ring (bicyclic) bond motifs is 1. The van der Waals surface area contributed by atoms with Crippen molar-refractivity contribution in [2.75, 3.05) is 22.0 Å². The van der Waals surface area contributed by atoms with Crippen LogP contribution in [0.4, 0.5) is 11.4 Å². The maximum Gasteiger partial charge on any atom is 0.248 e. The summed E-state index contributed by atoms with van der Waals surface area (Å²) in [5, 5.41) is 0.549. The number of carbonyl (C=O) groups is 1. The number of hydrogen-bond donors (Lipinski definition) is 0. The second-order valence-corrected chi connectivity index (χ2v) is 9.06. The van der Waals surface area contributed by atoms with Crippen LogP contribution < -0.4 is 9.21 Å². The summed E-state index contributed by atoms with van der Waals surface area (Å²) < 4.78 is 25.6. The average molecular weight is 413 g/mol. The highest BCUT2D eigenvalue weighted by Gasteiger charge is 2.33. The summed E-state index contributed by atoms with van der Waals surface area (Å²) in [6, 6.07) is 12.1. The SMILES string of the molecule is C[C@@H]1Cc2ccccc2N1C(=O)CN(c1cc(Cl)ccc1Cl)S(C)(=O)=O. The lowest BCUT2D eigenvalue weighted by Gasteiger charge is -2.28. The van der Waals surface area contributed by atoms with Crippen LogP contribution in [0.25, 0.3) is 0 Å². The number of rotatable bonds is 4. The molecule has 3 rings (SSSR count). The molecular formula is C18H18Cl2N2O3S. The number of anilines is 2. The highest BCUT2D eigenvalue weighted by Crippen LogP contribution is 2.34. The number of carbonyl (C=O) groups excluding carboxylic acids is 1. The Bertz CT molecular complexity index is 963. The summed E-state index contributed by atoms with van der Waals surface area (Å²) in [7, 11) is -3.73. The van der Waals surface area contributed by atoms with Crippen molar-refractivity contribution in [1.82, 2.24) is 0 Å². The molecule has 5 nitrogen and oxygen atoms in total. The first-order valence-corrected chi connectivity index (χ1v) is 10.6. The van der Waals surface area contributed by atoms with E-state index in [2.05, 4.69) is 0 Å². The Morgan fingerprint density at radius 2 is 1.92 bits per heavy atom. The van der Waals surface area contributed by atoms with E-state index in [1.54, 1.807) is 11.0 Å². The Hall–Kier alpha value is -1.76. The monoisotopic (exact) mass is 412 g/mol. The van der Waals surface area contributed by atoms with Crippen LogP contribution in [0.3, 0.4) is 0 Å². The van der Waals surface area contributed by atoms with E-state index in [9.17, 15) is 13.2 Å². The normalized spacial score (nSPS) is 16.5. The molecule has 8 heteroatoms. The molecule has 138 valence electrons. The van der Waals surface area contributed by atoms with E-state index in [0.29, 0.717) is 5.02 Å². The molecule has 26 heavy (non-hydrogen) atoms. The second kappa shape index (κ2) is 7.10. The first kappa shape index (κ1) is 19.0. The summed E-state index contributed by atoms with van der Waals surface area (Å²) in [6.07, 6.45) is 1.78. The van der Waals surface area contributed by atoms with Crippen LogP contribution in [-0.4, -0.2) is 33.2 Å². The molecule has 1 amide bonds. The molecule has 0 aromatic heterocycles. The van der Waals surface area contributed by atoms with Crippen LogP contribution >= 0.6 is 23.2 Å². The fourth-order valence-corrected chi connectivity index (χ4v) is 4.49. The van der Waals surface area contributed by atoms with Gasteiger partial charge in [-0.05, 0) is 43.2 Å². The molecule has 0 spiro atoms. The van der Waals surface area contributed by atoms with Gasteiger partial charge >= 0.3 is 0 Å². The van der Waals surface area contributed by atoms with Gasteiger partial charge in [0.15, 0.2) is 0 Å². The predicted molar refractivity (Wildman–Crippen MR) is 106 cm³/mol. The van der Waals surface area contributed by atoms with Gasteiger partial charge in [-0.3, -0.25) is 9.10 Å².